The maximum absolute atomic E-state index is 5.38. The molecule has 0 aliphatic carbocycles. The zero-order valence-electron chi connectivity index (χ0n) is 11.7. The highest BCUT2D eigenvalue weighted by atomic mass is 79.9. The second kappa shape index (κ2) is 6.30. The predicted molar refractivity (Wildman–Crippen MR) is 83.6 cm³/mol. The maximum atomic E-state index is 5.38. The van der Waals surface area contributed by atoms with E-state index in [0.29, 0.717) is 13.3 Å². The second-order valence-electron chi connectivity index (χ2n) is 4.78. The maximum Gasteiger partial charge on any atom is 0.231 e. The normalized spacial score (nSPS) is 12.5. The minimum atomic E-state index is 0.297. The molecule has 0 bridgehead atoms. The van der Waals surface area contributed by atoms with E-state index >= 15 is 0 Å². The molecule has 0 unspecified atom stereocenters. The van der Waals surface area contributed by atoms with E-state index < -0.39 is 0 Å². The molecule has 1 aliphatic heterocycles. The summed E-state index contributed by atoms with van der Waals surface area (Å²) in [7, 11) is 0. The fourth-order valence-electron chi connectivity index (χ4n) is 2.13. The van der Waals surface area contributed by atoms with Crippen LogP contribution in [-0.2, 0) is 13.0 Å². The Bertz CT molecular complexity index is 649. The third-order valence-corrected chi connectivity index (χ3v) is 3.53. The van der Waals surface area contributed by atoms with Crippen LogP contribution in [-0.4, -0.2) is 16.8 Å². The van der Waals surface area contributed by atoms with Gasteiger partial charge in [-0.2, -0.15) is 0 Å². The van der Waals surface area contributed by atoms with E-state index in [4.69, 9.17) is 9.47 Å². The van der Waals surface area contributed by atoms with E-state index in [1.807, 2.05) is 24.3 Å². The summed E-state index contributed by atoms with van der Waals surface area (Å²) >= 11 is 3.42. The van der Waals surface area contributed by atoms with Gasteiger partial charge in [0.15, 0.2) is 11.5 Å². The highest BCUT2D eigenvalue weighted by Crippen LogP contribution is 2.32. The average molecular weight is 350 g/mol. The Labute approximate surface area is 131 Å². The zero-order valence-corrected chi connectivity index (χ0v) is 13.3. The van der Waals surface area contributed by atoms with Gasteiger partial charge in [-0.15, -0.1) is 0 Å². The lowest BCUT2D eigenvalue weighted by molar-refractivity contribution is 0.174. The number of nitrogens with one attached hydrogen (secondary N) is 1. The van der Waals surface area contributed by atoms with Crippen LogP contribution < -0.4 is 14.8 Å². The first-order chi connectivity index (χ1) is 10.2. The van der Waals surface area contributed by atoms with Crippen molar-refractivity contribution in [2.45, 2.75) is 26.3 Å². The molecule has 0 amide bonds. The van der Waals surface area contributed by atoms with Crippen LogP contribution in [0, 0.1) is 0 Å². The molecule has 5 nitrogen and oxygen atoms in total. The Morgan fingerprint density at radius 3 is 2.90 bits per heavy atom. The molecule has 0 saturated heterocycles. The largest absolute Gasteiger partial charge is 0.454 e. The summed E-state index contributed by atoms with van der Waals surface area (Å²) in [5.41, 5.74) is 1.12. The molecule has 0 radical (unpaired) electrons. The molecule has 6 heteroatoms. The minimum absolute atomic E-state index is 0.297. The number of fused-ring (bicyclic) bond motifs is 1. The Morgan fingerprint density at radius 2 is 2.05 bits per heavy atom. The van der Waals surface area contributed by atoms with Crippen molar-refractivity contribution in [3.05, 3.63) is 40.3 Å². The molecule has 1 aromatic heterocycles. The monoisotopic (exact) mass is 349 g/mol. The van der Waals surface area contributed by atoms with Gasteiger partial charge in [0.1, 0.15) is 16.2 Å². The summed E-state index contributed by atoms with van der Waals surface area (Å²) < 4.78 is 11.5. The Hall–Kier alpha value is -1.82. The fourth-order valence-corrected chi connectivity index (χ4v) is 2.56. The molecule has 0 spiro atoms. The highest BCUT2D eigenvalue weighted by molar-refractivity contribution is 9.10. The van der Waals surface area contributed by atoms with Crippen molar-refractivity contribution in [2.24, 2.45) is 0 Å². The smallest absolute Gasteiger partial charge is 0.231 e. The Morgan fingerprint density at radius 1 is 1.19 bits per heavy atom. The van der Waals surface area contributed by atoms with Crippen LogP contribution in [0.2, 0.25) is 0 Å². The fraction of sp³-hybridized carbons (Fsp3) is 0.333. The van der Waals surface area contributed by atoms with Crippen molar-refractivity contribution in [2.75, 3.05) is 12.1 Å². The molecule has 1 N–H and O–H groups in total. The van der Waals surface area contributed by atoms with Gasteiger partial charge in [-0.05, 0) is 40.0 Å². The molecule has 2 aromatic rings. The van der Waals surface area contributed by atoms with E-state index in [0.717, 1.165) is 46.1 Å². The summed E-state index contributed by atoms with van der Waals surface area (Å²) in [5.74, 6) is 3.26. The first kappa shape index (κ1) is 14.1. The van der Waals surface area contributed by atoms with E-state index in [1.54, 1.807) is 0 Å². The molecule has 0 fully saturated rings. The van der Waals surface area contributed by atoms with Crippen LogP contribution in [0.1, 0.15) is 24.7 Å². The number of aromatic nitrogens is 2. The van der Waals surface area contributed by atoms with E-state index in [2.05, 4.69) is 38.1 Å². The van der Waals surface area contributed by atoms with Crippen LogP contribution in [0.25, 0.3) is 0 Å². The summed E-state index contributed by atoms with van der Waals surface area (Å²) in [5, 5.41) is 3.31. The van der Waals surface area contributed by atoms with Crippen molar-refractivity contribution in [3.63, 3.8) is 0 Å². The first-order valence-corrected chi connectivity index (χ1v) is 7.70. The number of nitrogens with zero attached hydrogens (tertiary/aromatic N) is 2. The first-order valence-electron chi connectivity index (χ1n) is 6.90. The third-order valence-electron chi connectivity index (χ3n) is 3.13. The van der Waals surface area contributed by atoms with Crippen molar-refractivity contribution >= 4 is 21.7 Å². The van der Waals surface area contributed by atoms with Gasteiger partial charge >= 0.3 is 0 Å². The lowest BCUT2D eigenvalue weighted by atomic mass is 10.2. The third kappa shape index (κ3) is 3.44. The number of aryl methyl sites for hydroxylation is 1. The standard InChI is InChI=1S/C15H16BrN3O2/c1-2-3-14-18-13(16)7-15(19-14)17-8-10-4-5-11-12(6-10)21-9-20-11/h4-7H,2-3,8-9H2,1H3,(H,17,18,19). The van der Waals surface area contributed by atoms with Crippen LogP contribution in [0.15, 0.2) is 28.9 Å². The van der Waals surface area contributed by atoms with Crippen LogP contribution in [0.3, 0.4) is 0 Å². The molecular formula is C15H16BrN3O2. The number of hydrogen-bond donors (Lipinski definition) is 1. The topological polar surface area (TPSA) is 56.3 Å². The number of rotatable bonds is 5. The van der Waals surface area contributed by atoms with Gasteiger partial charge in [0.05, 0.1) is 0 Å². The van der Waals surface area contributed by atoms with Gasteiger partial charge in [0, 0.05) is 19.0 Å². The average Bonchev–Trinajstić information content (AvgIpc) is 2.92. The molecule has 2 heterocycles. The minimum Gasteiger partial charge on any atom is -0.454 e. The number of benzene rings is 1. The number of anilines is 1. The summed E-state index contributed by atoms with van der Waals surface area (Å²) in [6.45, 7) is 3.08. The van der Waals surface area contributed by atoms with Crippen molar-refractivity contribution in [3.8, 4) is 11.5 Å². The summed E-state index contributed by atoms with van der Waals surface area (Å²) in [4.78, 5) is 8.86. The van der Waals surface area contributed by atoms with Gasteiger partial charge < -0.3 is 14.8 Å². The van der Waals surface area contributed by atoms with Gasteiger partial charge in [-0.3, -0.25) is 0 Å². The second-order valence-corrected chi connectivity index (χ2v) is 5.60. The van der Waals surface area contributed by atoms with Crippen LogP contribution in [0.5, 0.6) is 11.5 Å². The van der Waals surface area contributed by atoms with E-state index in [9.17, 15) is 0 Å². The molecule has 110 valence electrons. The number of ether oxygens (including phenoxy) is 2. The molecule has 0 saturated carbocycles. The van der Waals surface area contributed by atoms with Gasteiger partial charge in [0.2, 0.25) is 6.79 Å². The van der Waals surface area contributed by atoms with Crippen LogP contribution >= 0.6 is 15.9 Å². The lowest BCUT2D eigenvalue weighted by Gasteiger charge is -2.08. The van der Waals surface area contributed by atoms with Crippen molar-refractivity contribution in [1.82, 2.24) is 9.97 Å². The highest BCUT2D eigenvalue weighted by Gasteiger charge is 2.13. The molecule has 0 atom stereocenters. The molecule has 1 aliphatic rings. The lowest BCUT2D eigenvalue weighted by Crippen LogP contribution is -2.04. The predicted octanol–water partition coefficient (Wildman–Crippen LogP) is 3.53. The zero-order chi connectivity index (χ0) is 14.7. The summed E-state index contributed by atoms with van der Waals surface area (Å²) in [6.07, 6.45) is 1.90. The summed E-state index contributed by atoms with van der Waals surface area (Å²) in [6, 6.07) is 7.81. The molecule has 3 rings (SSSR count). The van der Waals surface area contributed by atoms with Crippen LogP contribution in [0.4, 0.5) is 5.82 Å². The Kier molecular flexibility index (Phi) is 4.24. The van der Waals surface area contributed by atoms with E-state index in [-0.39, 0.29) is 0 Å². The van der Waals surface area contributed by atoms with E-state index in [1.165, 1.54) is 0 Å². The number of hydrogen-bond acceptors (Lipinski definition) is 5. The SMILES string of the molecule is CCCc1nc(Br)cc(NCc2ccc3c(c2)OCO3)n1. The quantitative estimate of drug-likeness (QED) is 0.836. The van der Waals surface area contributed by atoms with Crippen molar-refractivity contribution < 1.29 is 9.47 Å². The van der Waals surface area contributed by atoms with Gasteiger partial charge in [-0.25, -0.2) is 9.97 Å². The Balaban J connectivity index is 1.69. The molecular weight excluding hydrogens is 334 g/mol. The van der Waals surface area contributed by atoms with Crippen molar-refractivity contribution in [1.29, 1.82) is 0 Å². The number of halogens is 1. The van der Waals surface area contributed by atoms with Gasteiger partial charge in [0.25, 0.3) is 0 Å². The molecule has 1 aromatic carbocycles. The van der Waals surface area contributed by atoms with Gasteiger partial charge in [-0.1, -0.05) is 13.0 Å². The molecule has 21 heavy (non-hydrogen) atoms.